The van der Waals surface area contributed by atoms with Crippen molar-refractivity contribution in [2.75, 3.05) is 5.32 Å². The molecule has 0 saturated carbocycles. The molecule has 0 radical (unpaired) electrons. The first-order valence-corrected chi connectivity index (χ1v) is 9.91. The SMILES string of the molecule is C[C@@H]1[C@H](c2ccc(F)c(F)c2OC(F)F)[C@H](C(=O)Nc2ccnc(C(N)=O)c2)O[C@@]1(C)C(F)(F)F. The minimum Gasteiger partial charge on any atom is -0.431 e. The van der Waals surface area contributed by atoms with Crippen molar-refractivity contribution in [1.29, 1.82) is 0 Å². The van der Waals surface area contributed by atoms with Gasteiger partial charge < -0.3 is 20.5 Å². The van der Waals surface area contributed by atoms with Crippen LogP contribution in [-0.2, 0) is 9.53 Å². The fourth-order valence-electron chi connectivity index (χ4n) is 3.90. The van der Waals surface area contributed by atoms with Crippen LogP contribution < -0.4 is 15.8 Å². The fourth-order valence-corrected chi connectivity index (χ4v) is 3.90. The number of anilines is 1. The normalized spacial score (nSPS) is 24.5. The summed E-state index contributed by atoms with van der Waals surface area (Å²) in [5, 5.41) is 2.24. The van der Waals surface area contributed by atoms with Crippen LogP contribution in [0.25, 0.3) is 0 Å². The summed E-state index contributed by atoms with van der Waals surface area (Å²) in [4.78, 5) is 28.0. The van der Waals surface area contributed by atoms with E-state index < -0.39 is 71.1 Å². The standard InChI is InChI=1S/C21H18F7N3O4/c1-8-13(10-3-4-11(22)14(23)15(10)34-19(24)25)16(35-20(8,2)21(26,27)28)18(33)31-9-5-6-30-12(7-9)17(29)32/h3-8,13,16,19H,1-2H3,(H2,29,32)(H,30,31,33)/t8-,13-,16-,20-/m1/s1. The van der Waals surface area contributed by atoms with E-state index in [2.05, 4.69) is 15.0 Å². The minimum atomic E-state index is -5.04. The van der Waals surface area contributed by atoms with Gasteiger partial charge in [-0.25, -0.2) is 4.39 Å². The number of halogens is 7. The van der Waals surface area contributed by atoms with E-state index in [4.69, 9.17) is 10.5 Å². The molecule has 0 spiro atoms. The first-order chi connectivity index (χ1) is 16.2. The van der Waals surface area contributed by atoms with Crippen LogP contribution in [0.4, 0.5) is 36.4 Å². The zero-order chi connectivity index (χ0) is 26.3. The number of nitrogens with zero attached hydrogens (tertiary/aromatic N) is 1. The maximum absolute atomic E-state index is 14.4. The number of aromatic nitrogens is 1. The number of primary amides is 1. The molecule has 190 valence electrons. The largest absolute Gasteiger partial charge is 0.431 e. The Balaban J connectivity index is 2.10. The van der Waals surface area contributed by atoms with E-state index in [1.165, 1.54) is 6.07 Å². The van der Waals surface area contributed by atoms with E-state index in [1.807, 2.05) is 0 Å². The van der Waals surface area contributed by atoms with Crippen molar-refractivity contribution < 1.29 is 49.8 Å². The third kappa shape index (κ3) is 4.88. The molecular formula is C21H18F7N3O4. The van der Waals surface area contributed by atoms with Crippen molar-refractivity contribution >= 4 is 17.5 Å². The smallest absolute Gasteiger partial charge is 0.417 e. The molecule has 35 heavy (non-hydrogen) atoms. The molecule has 1 aromatic carbocycles. The summed E-state index contributed by atoms with van der Waals surface area (Å²) in [6.45, 7) is -1.98. The first kappa shape index (κ1) is 26.2. The lowest BCUT2D eigenvalue weighted by atomic mass is 9.77. The second-order valence-corrected chi connectivity index (χ2v) is 7.90. The Kier molecular flexibility index (Phi) is 6.97. The maximum Gasteiger partial charge on any atom is 0.417 e. The number of pyridine rings is 1. The Morgan fingerprint density at radius 3 is 2.46 bits per heavy atom. The van der Waals surface area contributed by atoms with Gasteiger partial charge in [-0.3, -0.25) is 14.6 Å². The molecule has 1 aliphatic rings. The summed E-state index contributed by atoms with van der Waals surface area (Å²) < 4.78 is 105. The summed E-state index contributed by atoms with van der Waals surface area (Å²) in [7, 11) is 0. The van der Waals surface area contributed by atoms with Gasteiger partial charge in [-0.05, 0) is 25.1 Å². The van der Waals surface area contributed by atoms with Crippen molar-refractivity contribution in [2.24, 2.45) is 11.7 Å². The summed E-state index contributed by atoms with van der Waals surface area (Å²) in [6.07, 6.45) is -5.97. The van der Waals surface area contributed by atoms with Gasteiger partial charge in [0, 0.05) is 29.3 Å². The molecule has 1 saturated heterocycles. The predicted octanol–water partition coefficient (Wildman–Crippen LogP) is 4.14. The number of hydrogen-bond donors (Lipinski definition) is 2. The minimum absolute atomic E-state index is 0.0937. The number of nitrogens with two attached hydrogens (primary N) is 1. The van der Waals surface area contributed by atoms with Gasteiger partial charge in [0.2, 0.25) is 5.82 Å². The predicted molar refractivity (Wildman–Crippen MR) is 106 cm³/mol. The topological polar surface area (TPSA) is 104 Å². The van der Waals surface area contributed by atoms with E-state index in [1.54, 1.807) is 0 Å². The molecule has 3 N–H and O–H groups in total. The molecule has 4 atom stereocenters. The molecule has 1 aliphatic heterocycles. The Morgan fingerprint density at radius 1 is 1.23 bits per heavy atom. The molecule has 2 amide bonds. The maximum atomic E-state index is 14.4. The van der Waals surface area contributed by atoms with E-state index in [0.29, 0.717) is 13.0 Å². The third-order valence-electron chi connectivity index (χ3n) is 5.85. The van der Waals surface area contributed by atoms with E-state index in [9.17, 15) is 40.3 Å². The quantitative estimate of drug-likeness (QED) is 0.570. The average Bonchev–Trinajstić information content (AvgIpc) is 3.04. The van der Waals surface area contributed by atoms with Crippen molar-refractivity contribution in [3.05, 3.63) is 53.4 Å². The Labute approximate surface area is 193 Å². The lowest BCUT2D eigenvalue weighted by molar-refractivity contribution is -0.272. The highest BCUT2D eigenvalue weighted by molar-refractivity contribution is 5.97. The molecule has 2 heterocycles. The Hall–Kier alpha value is -3.42. The van der Waals surface area contributed by atoms with Crippen LogP contribution in [-0.4, -0.2) is 41.3 Å². The monoisotopic (exact) mass is 509 g/mol. The van der Waals surface area contributed by atoms with Crippen molar-refractivity contribution in [1.82, 2.24) is 4.98 Å². The van der Waals surface area contributed by atoms with Crippen molar-refractivity contribution in [3.63, 3.8) is 0 Å². The van der Waals surface area contributed by atoms with Crippen LogP contribution in [0.1, 0.15) is 35.8 Å². The van der Waals surface area contributed by atoms with Gasteiger partial charge in [0.25, 0.3) is 11.8 Å². The summed E-state index contributed by atoms with van der Waals surface area (Å²) in [5.74, 6) is -10.3. The van der Waals surface area contributed by atoms with Gasteiger partial charge in [-0.15, -0.1) is 0 Å². The summed E-state index contributed by atoms with van der Waals surface area (Å²) in [5.41, 5.74) is 1.14. The summed E-state index contributed by atoms with van der Waals surface area (Å²) >= 11 is 0. The van der Waals surface area contributed by atoms with E-state index in [0.717, 1.165) is 25.3 Å². The number of carbonyl (C=O) groups is 2. The molecule has 3 rings (SSSR count). The van der Waals surface area contributed by atoms with Crippen molar-refractivity contribution in [3.8, 4) is 5.75 Å². The molecule has 14 heteroatoms. The molecule has 1 fully saturated rings. The Bertz CT molecular complexity index is 1140. The van der Waals surface area contributed by atoms with Gasteiger partial charge in [0.05, 0.1) is 0 Å². The van der Waals surface area contributed by atoms with Gasteiger partial charge in [0.15, 0.2) is 17.2 Å². The van der Waals surface area contributed by atoms with Crippen molar-refractivity contribution in [2.45, 2.75) is 44.3 Å². The highest BCUT2D eigenvalue weighted by Crippen LogP contribution is 2.55. The van der Waals surface area contributed by atoms with Crippen LogP contribution >= 0.6 is 0 Å². The molecule has 0 unspecified atom stereocenters. The van der Waals surface area contributed by atoms with Crippen LogP contribution in [0.15, 0.2) is 30.5 Å². The number of carbonyl (C=O) groups excluding carboxylic acids is 2. The number of amides is 2. The zero-order valence-electron chi connectivity index (χ0n) is 18.0. The van der Waals surface area contributed by atoms with Crippen LogP contribution in [0.2, 0.25) is 0 Å². The van der Waals surface area contributed by atoms with Gasteiger partial charge in [-0.1, -0.05) is 13.0 Å². The van der Waals surface area contributed by atoms with Crippen LogP contribution in [0, 0.1) is 17.6 Å². The lowest BCUT2D eigenvalue weighted by Gasteiger charge is -2.32. The van der Waals surface area contributed by atoms with Crippen LogP contribution in [0.3, 0.4) is 0 Å². The third-order valence-corrected chi connectivity index (χ3v) is 5.85. The summed E-state index contributed by atoms with van der Waals surface area (Å²) in [6, 6.07) is 3.50. The highest BCUT2D eigenvalue weighted by Gasteiger charge is 2.66. The zero-order valence-corrected chi connectivity index (χ0v) is 18.0. The molecule has 7 nitrogen and oxygen atoms in total. The van der Waals surface area contributed by atoms with Gasteiger partial charge in [0.1, 0.15) is 11.8 Å². The van der Waals surface area contributed by atoms with E-state index >= 15 is 0 Å². The molecule has 2 aromatic rings. The number of benzene rings is 1. The second-order valence-electron chi connectivity index (χ2n) is 7.90. The number of nitrogens with one attached hydrogen (secondary N) is 1. The Morgan fingerprint density at radius 2 is 1.89 bits per heavy atom. The average molecular weight is 509 g/mol. The second kappa shape index (κ2) is 9.32. The van der Waals surface area contributed by atoms with Crippen LogP contribution in [0.5, 0.6) is 5.75 Å². The van der Waals surface area contributed by atoms with E-state index in [-0.39, 0.29) is 11.4 Å². The number of alkyl halides is 5. The fraction of sp³-hybridized carbons (Fsp3) is 0.381. The number of rotatable bonds is 6. The molecule has 0 aliphatic carbocycles. The number of ether oxygens (including phenoxy) is 2. The van der Waals surface area contributed by atoms with Gasteiger partial charge >= 0.3 is 12.8 Å². The molecule has 0 bridgehead atoms. The molecule has 1 aromatic heterocycles. The number of hydrogen-bond acceptors (Lipinski definition) is 5. The molecular weight excluding hydrogens is 491 g/mol. The van der Waals surface area contributed by atoms with Gasteiger partial charge in [-0.2, -0.15) is 26.3 Å². The lowest BCUT2D eigenvalue weighted by Crippen LogP contribution is -2.47. The first-order valence-electron chi connectivity index (χ1n) is 9.91. The highest BCUT2D eigenvalue weighted by atomic mass is 19.4.